The molecule has 0 saturated carbocycles. The summed E-state index contributed by atoms with van der Waals surface area (Å²) in [5, 5.41) is 9.56. The Morgan fingerprint density at radius 3 is 2.90 bits per heavy atom. The Hall–Kier alpha value is -2.37. The number of likely N-dealkylation sites (tertiary alicyclic amines) is 1. The molecule has 0 atom stereocenters. The minimum atomic E-state index is 0.0128. The van der Waals surface area contributed by atoms with E-state index in [1.807, 2.05) is 23.2 Å². The van der Waals surface area contributed by atoms with Gasteiger partial charge in [0.15, 0.2) is 0 Å². The second kappa shape index (κ2) is 5.73. The number of carbonyl (C=O) groups excluding carboxylic acids is 1. The van der Waals surface area contributed by atoms with Gasteiger partial charge in [-0.1, -0.05) is 0 Å². The summed E-state index contributed by atoms with van der Waals surface area (Å²) in [5.74, 6) is 0.442. The molecular formula is C14H17N5O. The first kappa shape index (κ1) is 12.7. The number of hydrogen-bond acceptors (Lipinski definition) is 3. The molecule has 0 aliphatic carbocycles. The number of pyridine rings is 1. The number of aromatic amines is 1. The summed E-state index contributed by atoms with van der Waals surface area (Å²) < 4.78 is 0. The van der Waals surface area contributed by atoms with Crippen molar-refractivity contribution >= 4 is 6.03 Å². The maximum Gasteiger partial charge on any atom is 0.317 e. The molecule has 0 bridgehead atoms. The number of H-pyrrole nitrogens is 1. The van der Waals surface area contributed by atoms with Crippen LogP contribution in [0.5, 0.6) is 0 Å². The molecule has 2 N–H and O–H groups in total. The van der Waals surface area contributed by atoms with E-state index in [9.17, 15) is 4.79 Å². The smallest absolute Gasteiger partial charge is 0.317 e. The van der Waals surface area contributed by atoms with Crippen LogP contribution in [-0.2, 0) is 6.42 Å². The summed E-state index contributed by atoms with van der Waals surface area (Å²) in [7, 11) is 0. The molecule has 20 heavy (non-hydrogen) atoms. The Labute approximate surface area is 117 Å². The van der Waals surface area contributed by atoms with E-state index in [-0.39, 0.29) is 6.03 Å². The van der Waals surface area contributed by atoms with E-state index >= 15 is 0 Å². The monoisotopic (exact) mass is 271 g/mol. The van der Waals surface area contributed by atoms with Crippen molar-refractivity contribution in [1.82, 2.24) is 25.4 Å². The fourth-order valence-corrected chi connectivity index (χ4v) is 2.33. The third-order valence-corrected chi connectivity index (χ3v) is 3.59. The lowest BCUT2D eigenvalue weighted by atomic mass is 9.93. The first-order chi connectivity index (χ1) is 9.83. The zero-order valence-corrected chi connectivity index (χ0v) is 11.1. The topological polar surface area (TPSA) is 73.9 Å². The summed E-state index contributed by atoms with van der Waals surface area (Å²) in [4.78, 5) is 17.7. The Morgan fingerprint density at radius 2 is 2.20 bits per heavy atom. The number of hydrogen-bond donors (Lipinski definition) is 2. The number of aromatic nitrogens is 3. The molecule has 1 saturated heterocycles. The molecule has 6 nitrogen and oxygen atoms in total. The molecule has 1 aliphatic heterocycles. The Balaban J connectivity index is 1.40. The molecule has 2 aromatic rings. The zero-order chi connectivity index (χ0) is 13.8. The van der Waals surface area contributed by atoms with Crippen molar-refractivity contribution in [2.24, 2.45) is 0 Å². The van der Waals surface area contributed by atoms with E-state index in [4.69, 9.17) is 0 Å². The number of amides is 2. The van der Waals surface area contributed by atoms with Gasteiger partial charge in [-0.25, -0.2) is 4.79 Å². The minimum absolute atomic E-state index is 0.0128. The van der Waals surface area contributed by atoms with Crippen molar-refractivity contribution in [1.29, 1.82) is 0 Å². The maximum absolute atomic E-state index is 11.9. The van der Waals surface area contributed by atoms with Gasteiger partial charge >= 0.3 is 6.03 Å². The summed E-state index contributed by atoms with van der Waals surface area (Å²) in [6.07, 6.45) is 8.00. The van der Waals surface area contributed by atoms with E-state index in [1.54, 1.807) is 18.6 Å². The van der Waals surface area contributed by atoms with E-state index < -0.39 is 0 Å². The SMILES string of the molecule is O=C(NCCc1cn[nH]c1)N1CC(c2ccncc2)C1. The largest absolute Gasteiger partial charge is 0.338 e. The van der Waals surface area contributed by atoms with Crippen LogP contribution in [0.4, 0.5) is 4.79 Å². The van der Waals surface area contributed by atoms with Crippen molar-refractivity contribution in [2.45, 2.75) is 12.3 Å². The van der Waals surface area contributed by atoms with Gasteiger partial charge in [0.2, 0.25) is 0 Å². The first-order valence-corrected chi connectivity index (χ1v) is 6.73. The summed E-state index contributed by atoms with van der Waals surface area (Å²) in [6, 6.07) is 4.04. The number of rotatable bonds is 4. The fourth-order valence-electron chi connectivity index (χ4n) is 2.33. The van der Waals surface area contributed by atoms with E-state index in [0.717, 1.165) is 25.1 Å². The molecular weight excluding hydrogens is 254 g/mol. The lowest BCUT2D eigenvalue weighted by molar-refractivity contribution is 0.151. The number of nitrogens with zero attached hydrogens (tertiary/aromatic N) is 3. The van der Waals surface area contributed by atoms with Gasteiger partial charge < -0.3 is 10.2 Å². The molecule has 6 heteroatoms. The number of nitrogens with one attached hydrogen (secondary N) is 2. The highest BCUT2D eigenvalue weighted by Gasteiger charge is 2.31. The van der Waals surface area contributed by atoms with Gasteiger partial charge in [0.25, 0.3) is 0 Å². The van der Waals surface area contributed by atoms with Crippen LogP contribution < -0.4 is 5.32 Å². The van der Waals surface area contributed by atoms with Gasteiger partial charge in [-0.2, -0.15) is 5.10 Å². The second-order valence-electron chi connectivity index (χ2n) is 4.97. The fraction of sp³-hybridized carbons (Fsp3) is 0.357. The summed E-state index contributed by atoms with van der Waals surface area (Å²) in [5.41, 5.74) is 2.35. The molecule has 0 aromatic carbocycles. The molecule has 3 heterocycles. The van der Waals surface area contributed by atoms with Crippen molar-refractivity contribution in [2.75, 3.05) is 19.6 Å². The van der Waals surface area contributed by atoms with Crippen molar-refractivity contribution in [3.05, 3.63) is 48.0 Å². The first-order valence-electron chi connectivity index (χ1n) is 6.73. The molecule has 1 fully saturated rings. The van der Waals surface area contributed by atoms with Gasteiger partial charge in [-0.15, -0.1) is 0 Å². The van der Waals surface area contributed by atoms with Crippen LogP contribution >= 0.6 is 0 Å². The molecule has 0 spiro atoms. The van der Waals surface area contributed by atoms with Gasteiger partial charge in [0, 0.05) is 44.1 Å². The number of carbonyl (C=O) groups is 1. The highest BCUT2D eigenvalue weighted by atomic mass is 16.2. The van der Waals surface area contributed by atoms with Crippen LogP contribution in [0, 0.1) is 0 Å². The summed E-state index contributed by atoms with van der Waals surface area (Å²) >= 11 is 0. The average molecular weight is 271 g/mol. The normalized spacial score (nSPS) is 14.9. The average Bonchev–Trinajstić information content (AvgIpc) is 2.91. The highest BCUT2D eigenvalue weighted by Crippen LogP contribution is 2.26. The standard InChI is InChI=1S/C14H17N5O/c20-14(16-6-1-11-7-17-18-8-11)19-9-13(10-19)12-2-4-15-5-3-12/h2-5,7-8,13H,1,6,9-10H2,(H,16,20)(H,17,18). The summed E-state index contributed by atoms with van der Waals surface area (Å²) in [6.45, 7) is 2.19. The third-order valence-electron chi connectivity index (χ3n) is 3.59. The Bertz CT molecular complexity index is 548. The van der Waals surface area contributed by atoms with Crippen LogP contribution in [0.25, 0.3) is 0 Å². The lowest BCUT2D eigenvalue weighted by Crippen LogP contribution is -2.52. The van der Waals surface area contributed by atoms with Gasteiger partial charge in [0.1, 0.15) is 0 Å². The molecule has 1 aliphatic rings. The van der Waals surface area contributed by atoms with Gasteiger partial charge in [-0.05, 0) is 29.7 Å². The zero-order valence-electron chi connectivity index (χ0n) is 11.1. The van der Waals surface area contributed by atoms with Gasteiger partial charge in [-0.3, -0.25) is 10.1 Å². The van der Waals surface area contributed by atoms with Crippen LogP contribution in [0.15, 0.2) is 36.9 Å². The van der Waals surface area contributed by atoms with E-state index in [1.165, 1.54) is 5.56 Å². The van der Waals surface area contributed by atoms with Crippen LogP contribution in [-0.4, -0.2) is 45.7 Å². The molecule has 3 rings (SSSR count). The third kappa shape index (κ3) is 2.79. The Kier molecular flexibility index (Phi) is 3.62. The highest BCUT2D eigenvalue weighted by molar-refractivity contribution is 5.75. The molecule has 0 unspecified atom stereocenters. The molecule has 104 valence electrons. The van der Waals surface area contributed by atoms with Crippen molar-refractivity contribution in [3.8, 4) is 0 Å². The quantitative estimate of drug-likeness (QED) is 0.876. The van der Waals surface area contributed by atoms with Crippen LogP contribution in [0.1, 0.15) is 17.0 Å². The second-order valence-corrected chi connectivity index (χ2v) is 4.97. The van der Waals surface area contributed by atoms with Crippen LogP contribution in [0.2, 0.25) is 0 Å². The van der Waals surface area contributed by atoms with E-state index in [0.29, 0.717) is 12.5 Å². The van der Waals surface area contributed by atoms with Crippen molar-refractivity contribution in [3.63, 3.8) is 0 Å². The molecule has 2 amide bonds. The predicted octanol–water partition coefficient (Wildman–Crippen LogP) is 1.16. The van der Waals surface area contributed by atoms with Crippen molar-refractivity contribution < 1.29 is 4.79 Å². The Morgan fingerprint density at radius 1 is 1.40 bits per heavy atom. The molecule has 0 radical (unpaired) electrons. The molecule has 2 aromatic heterocycles. The number of urea groups is 1. The maximum atomic E-state index is 11.9. The predicted molar refractivity (Wildman–Crippen MR) is 74.2 cm³/mol. The van der Waals surface area contributed by atoms with E-state index in [2.05, 4.69) is 20.5 Å². The lowest BCUT2D eigenvalue weighted by Gasteiger charge is -2.39. The van der Waals surface area contributed by atoms with Crippen LogP contribution in [0.3, 0.4) is 0 Å². The minimum Gasteiger partial charge on any atom is -0.338 e. The van der Waals surface area contributed by atoms with Gasteiger partial charge in [0.05, 0.1) is 6.20 Å².